The summed E-state index contributed by atoms with van der Waals surface area (Å²) in [6.07, 6.45) is 3.82. The molecule has 1 nitrogen and oxygen atoms in total. The van der Waals surface area contributed by atoms with Gasteiger partial charge in [0, 0.05) is 18.8 Å². The maximum Gasteiger partial charge on any atom is 0.0372 e. The number of rotatable bonds is 6. The summed E-state index contributed by atoms with van der Waals surface area (Å²) in [4.78, 5) is 2.23. The Morgan fingerprint density at radius 2 is 1.26 bits per heavy atom. The molecule has 0 amide bonds. The van der Waals surface area contributed by atoms with Gasteiger partial charge in [0.2, 0.25) is 0 Å². The van der Waals surface area contributed by atoms with Crippen LogP contribution in [0.2, 0.25) is 0 Å². The molecule has 19 heavy (non-hydrogen) atoms. The largest absolute Gasteiger partial charge is 0.364 e. The van der Waals surface area contributed by atoms with Crippen LogP contribution in [0.25, 0.3) is 11.1 Å². The first-order valence-corrected chi connectivity index (χ1v) is 6.47. The molecule has 0 atom stereocenters. The smallest absolute Gasteiger partial charge is 0.0372 e. The fourth-order valence-electron chi connectivity index (χ4n) is 2.09. The average Bonchev–Trinajstić information content (AvgIpc) is 2.48. The monoisotopic (exact) mass is 249 g/mol. The van der Waals surface area contributed by atoms with Crippen molar-refractivity contribution < 1.29 is 0 Å². The third kappa shape index (κ3) is 3.35. The van der Waals surface area contributed by atoms with Crippen LogP contribution in [0.15, 0.2) is 79.9 Å². The molecule has 0 fully saturated rings. The molecule has 0 aliphatic carbocycles. The molecule has 1 heteroatoms. The van der Waals surface area contributed by atoms with Gasteiger partial charge < -0.3 is 4.90 Å². The van der Waals surface area contributed by atoms with E-state index in [-0.39, 0.29) is 0 Å². The van der Waals surface area contributed by atoms with Crippen molar-refractivity contribution in [2.75, 3.05) is 18.0 Å². The van der Waals surface area contributed by atoms with Gasteiger partial charge >= 0.3 is 0 Å². The Morgan fingerprint density at radius 1 is 0.737 bits per heavy atom. The van der Waals surface area contributed by atoms with Gasteiger partial charge in [0.25, 0.3) is 0 Å². The molecular formula is C18H19N. The average molecular weight is 249 g/mol. The molecule has 2 aromatic rings. The highest BCUT2D eigenvalue weighted by Gasteiger charge is 2.03. The molecule has 0 heterocycles. The normalized spacial score (nSPS) is 9.89. The van der Waals surface area contributed by atoms with Crippen LogP contribution in [0.1, 0.15) is 0 Å². The van der Waals surface area contributed by atoms with Crippen LogP contribution in [-0.4, -0.2) is 13.1 Å². The van der Waals surface area contributed by atoms with Crippen molar-refractivity contribution in [1.82, 2.24) is 0 Å². The summed E-state index contributed by atoms with van der Waals surface area (Å²) >= 11 is 0. The van der Waals surface area contributed by atoms with Crippen molar-refractivity contribution in [3.8, 4) is 11.1 Å². The topological polar surface area (TPSA) is 3.24 Å². The van der Waals surface area contributed by atoms with Gasteiger partial charge in [0.15, 0.2) is 0 Å². The quantitative estimate of drug-likeness (QED) is 0.680. The Kier molecular flexibility index (Phi) is 4.57. The van der Waals surface area contributed by atoms with E-state index in [0.29, 0.717) is 0 Å². The first-order valence-electron chi connectivity index (χ1n) is 6.47. The van der Waals surface area contributed by atoms with Crippen LogP contribution < -0.4 is 4.90 Å². The van der Waals surface area contributed by atoms with Crippen LogP contribution in [0.4, 0.5) is 5.69 Å². The Balaban J connectivity index is 2.22. The number of nitrogens with zero attached hydrogens (tertiary/aromatic N) is 1. The molecule has 0 aliphatic rings. The van der Waals surface area contributed by atoms with Crippen molar-refractivity contribution in [1.29, 1.82) is 0 Å². The van der Waals surface area contributed by atoms with E-state index < -0.39 is 0 Å². The fraction of sp³-hybridized carbons (Fsp3) is 0.111. The third-order valence-corrected chi connectivity index (χ3v) is 3.04. The van der Waals surface area contributed by atoms with Gasteiger partial charge in [-0.1, -0.05) is 54.6 Å². The number of anilines is 1. The van der Waals surface area contributed by atoms with E-state index in [1.165, 1.54) is 16.8 Å². The first kappa shape index (κ1) is 13.2. The van der Waals surface area contributed by atoms with E-state index in [1.807, 2.05) is 18.2 Å². The molecule has 0 saturated carbocycles. The zero-order chi connectivity index (χ0) is 13.5. The second kappa shape index (κ2) is 6.60. The number of hydrogen-bond acceptors (Lipinski definition) is 1. The summed E-state index contributed by atoms with van der Waals surface area (Å²) in [7, 11) is 0. The summed E-state index contributed by atoms with van der Waals surface area (Å²) in [5, 5.41) is 0. The lowest BCUT2D eigenvalue weighted by molar-refractivity contribution is 0.957. The van der Waals surface area contributed by atoms with E-state index in [9.17, 15) is 0 Å². The lowest BCUT2D eigenvalue weighted by Gasteiger charge is -2.21. The van der Waals surface area contributed by atoms with Crippen molar-refractivity contribution >= 4 is 5.69 Å². The summed E-state index contributed by atoms with van der Waals surface area (Å²) in [6, 6.07) is 19.0. The van der Waals surface area contributed by atoms with E-state index in [0.717, 1.165) is 13.1 Å². The molecule has 0 unspecified atom stereocenters. The van der Waals surface area contributed by atoms with E-state index in [4.69, 9.17) is 0 Å². The molecule has 2 aromatic carbocycles. The Bertz CT molecular complexity index is 515. The zero-order valence-electron chi connectivity index (χ0n) is 11.1. The first-order chi connectivity index (χ1) is 9.35. The van der Waals surface area contributed by atoms with Crippen LogP contribution in [-0.2, 0) is 0 Å². The van der Waals surface area contributed by atoms with Crippen LogP contribution in [0, 0.1) is 0 Å². The second-order valence-electron chi connectivity index (χ2n) is 4.40. The lowest BCUT2D eigenvalue weighted by Crippen LogP contribution is -2.22. The molecule has 0 bridgehead atoms. The Labute approximate surface area is 115 Å². The van der Waals surface area contributed by atoms with Crippen molar-refractivity contribution in [3.05, 3.63) is 79.9 Å². The Morgan fingerprint density at radius 3 is 1.79 bits per heavy atom. The minimum absolute atomic E-state index is 0.830. The minimum Gasteiger partial charge on any atom is -0.364 e. The maximum absolute atomic E-state index is 3.80. The van der Waals surface area contributed by atoms with E-state index >= 15 is 0 Å². The summed E-state index contributed by atoms with van der Waals surface area (Å²) in [5.74, 6) is 0. The molecule has 0 spiro atoms. The second-order valence-corrected chi connectivity index (χ2v) is 4.40. The zero-order valence-corrected chi connectivity index (χ0v) is 11.1. The van der Waals surface area contributed by atoms with Crippen molar-refractivity contribution in [3.63, 3.8) is 0 Å². The lowest BCUT2D eigenvalue weighted by atomic mass is 10.1. The van der Waals surface area contributed by atoms with Crippen molar-refractivity contribution in [2.24, 2.45) is 0 Å². The van der Waals surface area contributed by atoms with Gasteiger partial charge in [-0.2, -0.15) is 0 Å². The van der Waals surface area contributed by atoms with Gasteiger partial charge in [0.05, 0.1) is 0 Å². The van der Waals surface area contributed by atoms with E-state index in [1.54, 1.807) is 0 Å². The highest BCUT2D eigenvalue weighted by Crippen LogP contribution is 2.22. The van der Waals surface area contributed by atoms with Crippen molar-refractivity contribution in [2.45, 2.75) is 0 Å². The molecule has 2 rings (SSSR count). The predicted molar refractivity (Wildman–Crippen MR) is 84.5 cm³/mol. The SMILES string of the molecule is C=CCN(CC=C)c1ccc(-c2ccccc2)cc1. The minimum atomic E-state index is 0.830. The van der Waals surface area contributed by atoms with Gasteiger partial charge in [-0.15, -0.1) is 13.2 Å². The van der Waals surface area contributed by atoms with Crippen LogP contribution >= 0.6 is 0 Å². The number of hydrogen-bond donors (Lipinski definition) is 0. The molecule has 96 valence electrons. The molecule has 0 N–H and O–H groups in total. The molecule has 0 radical (unpaired) electrons. The predicted octanol–water partition coefficient (Wildman–Crippen LogP) is 4.53. The standard InChI is InChI=1S/C18H19N/c1-3-14-19(15-4-2)18-12-10-17(11-13-18)16-8-6-5-7-9-16/h3-13H,1-2,14-15H2. The van der Waals surface area contributed by atoms with Gasteiger partial charge in [0.1, 0.15) is 0 Å². The highest BCUT2D eigenvalue weighted by atomic mass is 15.1. The molecular weight excluding hydrogens is 230 g/mol. The van der Waals surface area contributed by atoms with Gasteiger partial charge in [-0.05, 0) is 23.3 Å². The summed E-state index contributed by atoms with van der Waals surface area (Å²) < 4.78 is 0. The number of benzene rings is 2. The summed E-state index contributed by atoms with van der Waals surface area (Å²) in [6.45, 7) is 9.25. The maximum atomic E-state index is 3.80. The molecule has 0 saturated heterocycles. The molecule has 0 aromatic heterocycles. The highest BCUT2D eigenvalue weighted by molar-refractivity contribution is 5.66. The molecule has 0 aliphatic heterocycles. The van der Waals surface area contributed by atoms with E-state index in [2.05, 4.69) is 66.6 Å². The van der Waals surface area contributed by atoms with Crippen LogP contribution in [0.5, 0.6) is 0 Å². The fourth-order valence-corrected chi connectivity index (χ4v) is 2.09. The third-order valence-electron chi connectivity index (χ3n) is 3.04. The van der Waals surface area contributed by atoms with Gasteiger partial charge in [-0.25, -0.2) is 0 Å². The Hall–Kier alpha value is -2.28. The van der Waals surface area contributed by atoms with Gasteiger partial charge in [-0.3, -0.25) is 0 Å². The summed E-state index contributed by atoms with van der Waals surface area (Å²) in [5.41, 5.74) is 3.68. The van der Waals surface area contributed by atoms with Crippen LogP contribution in [0.3, 0.4) is 0 Å².